The van der Waals surface area contributed by atoms with Crippen LogP contribution in [0.3, 0.4) is 0 Å². The summed E-state index contributed by atoms with van der Waals surface area (Å²) >= 11 is 0. The standard InChI is InChI=1S/C14H26N2/c1-2-16(13-10-6-7-11-13)14(15)12-8-4-3-5-9-12/h12-13,15H,2-11H2,1H3. The Morgan fingerprint density at radius 2 is 1.56 bits per heavy atom. The highest BCUT2D eigenvalue weighted by molar-refractivity contribution is 5.82. The van der Waals surface area contributed by atoms with Gasteiger partial charge in [-0.05, 0) is 32.6 Å². The summed E-state index contributed by atoms with van der Waals surface area (Å²) in [5, 5.41) is 8.43. The third-order valence-corrected chi connectivity index (χ3v) is 4.41. The normalized spacial score (nSPS) is 23.6. The van der Waals surface area contributed by atoms with Crippen LogP contribution in [0.1, 0.15) is 64.7 Å². The quantitative estimate of drug-likeness (QED) is 0.570. The Kier molecular flexibility index (Phi) is 4.25. The Morgan fingerprint density at radius 3 is 2.12 bits per heavy atom. The largest absolute Gasteiger partial charge is 0.358 e. The van der Waals surface area contributed by atoms with Crippen molar-refractivity contribution in [3.8, 4) is 0 Å². The minimum absolute atomic E-state index is 0.578. The Hall–Kier alpha value is -0.530. The van der Waals surface area contributed by atoms with Gasteiger partial charge in [0, 0.05) is 18.5 Å². The van der Waals surface area contributed by atoms with E-state index < -0.39 is 0 Å². The van der Waals surface area contributed by atoms with E-state index in [1.165, 1.54) is 57.8 Å². The minimum atomic E-state index is 0.578. The summed E-state index contributed by atoms with van der Waals surface area (Å²) in [6.07, 6.45) is 12.0. The zero-order valence-corrected chi connectivity index (χ0v) is 10.7. The number of nitrogens with one attached hydrogen (secondary N) is 1. The molecule has 2 aliphatic carbocycles. The van der Waals surface area contributed by atoms with Crippen LogP contribution >= 0.6 is 0 Å². The van der Waals surface area contributed by atoms with Crippen LogP contribution in [0.25, 0.3) is 0 Å². The van der Waals surface area contributed by atoms with E-state index in [9.17, 15) is 0 Å². The fraction of sp³-hybridized carbons (Fsp3) is 0.929. The second kappa shape index (κ2) is 5.70. The van der Waals surface area contributed by atoms with E-state index in [0.717, 1.165) is 12.4 Å². The molecule has 0 spiro atoms. The number of hydrogen-bond acceptors (Lipinski definition) is 1. The molecule has 0 heterocycles. The van der Waals surface area contributed by atoms with Crippen LogP contribution in [-0.4, -0.2) is 23.3 Å². The van der Waals surface area contributed by atoms with Gasteiger partial charge in [-0.1, -0.05) is 32.1 Å². The highest BCUT2D eigenvalue weighted by Gasteiger charge is 2.28. The van der Waals surface area contributed by atoms with E-state index >= 15 is 0 Å². The van der Waals surface area contributed by atoms with E-state index in [2.05, 4.69) is 11.8 Å². The molecule has 2 saturated carbocycles. The molecule has 2 aliphatic rings. The molecule has 2 rings (SSSR count). The second-order valence-corrected chi connectivity index (χ2v) is 5.44. The van der Waals surface area contributed by atoms with Crippen molar-refractivity contribution in [3.05, 3.63) is 0 Å². The Morgan fingerprint density at radius 1 is 1.00 bits per heavy atom. The Bertz CT molecular complexity index is 225. The smallest absolute Gasteiger partial charge is 0.0991 e. The predicted octanol–water partition coefficient (Wildman–Crippen LogP) is 3.81. The van der Waals surface area contributed by atoms with Gasteiger partial charge in [0.2, 0.25) is 0 Å². The SMILES string of the molecule is CCN(C(=N)C1CCCCC1)C1CCCC1. The highest BCUT2D eigenvalue weighted by Crippen LogP contribution is 2.29. The van der Waals surface area contributed by atoms with Crippen molar-refractivity contribution in [2.24, 2.45) is 5.92 Å². The molecule has 0 atom stereocenters. The molecule has 0 saturated heterocycles. The van der Waals surface area contributed by atoms with Gasteiger partial charge in [-0.15, -0.1) is 0 Å². The summed E-state index contributed by atoms with van der Waals surface area (Å²) in [6.45, 7) is 3.26. The number of amidine groups is 1. The van der Waals surface area contributed by atoms with Gasteiger partial charge in [-0.25, -0.2) is 0 Å². The van der Waals surface area contributed by atoms with Crippen molar-refractivity contribution in [2.75, 3.05) is 6.54 Å². The maximum absolute atomic E-state index is 8.43. The van der Waals surface area contributed by atoms with Crippen LogP contribution in [0, 0.1) is 11.3 Å². The van der Waals surface area contributed by atoms with Crippen molar-refractivity contribution in [1.82, 2.24) is 4.90 Å². The van der Waals surface area contributed by atoms with Crippen LogP contribution in [0.4, 0.5) is 0 Å². The summed E-state index contributed by atoms with van der Waals surface area (Å²) in [5.74, 6) is 1.54. The average molecular weight is 222 g/mol. The van der Waals surface area contributed by atoms with Crippen LogP contribution in [-0.2, 0) is 0 Å². The summed E-state index contributed by atoms with van der Waals surface area (Å²) < 4.78 is 0. The Balaban J connectivity index is 1.93. The zero-order chi connectivity index (χ0) is 11.4. The first-order valence-corrected chi connectivity index (χ1v) is 7.18. The molecule has 0 amide bonds. The first kappa shape index (κ1) is 11.9. The number of nitrogens with zero attached hydrogens (tertiary/aromatic N) is 1. The fourth-order valence-electron chi connectivity index (χ4n) is 3.45. The van der Waals surface area contributed by atoms with Crippen LogP contribution in [0.5, 0.6) is 0 Å². The third kappa shape index (κ3) is 2.58. The predicted molar refractivity (Wildman–Crippen MR) is 68.9 cm³/mol. The molecule has 2 nitrogen and oxygen atoms in total. The summed E-state index contributed by atoms with van der Waals surface area (Å²) in [7, 11) is 0. The molecule has 0 radical (unpaired) electrons. The first-order chi connectivity index (χ1) is 7.83. The van der Waals surface area contributed by atoms with Gasteiger partial charge in [-0.2, -0.15) is 0 Å². The lowest BCUT2D eigenvalue weighted by atomic mass is 9.87. The van der Waals surface area contributed by atoms with Gasteiger partial charge in [-0.3, -0.25) is 5.41 Å². The molecule has 0 aromatic carbocycles. The summed E-state index contributed by atoms with van der Waals surface area (Å²) in [4.78, 5) is 2.41. The lowest BCUT2D eigenvalue weighted by Gasteiger charge is -2.35. The van der Waals surface area contributed by atoms with Gasteiger partial charge in [0.05, 0.1) is 5.84 Å². The van der Waals surface area contributed by atoms with Crippen LogP contribution < -0.4 is 0 Å². The molecule has 16 heavy (non-hydrogen) atoms. The maximum atomic E-state index is 8.43. The second-order valence-electron chi connectivity index (χ2n) is 5.44. The lowest BCUT2D eigenvalue weighted by Crippen LogP contribution is -2.42. The topological polar surface area (TPSA) is 27.1 Å². The fourth-order valence-corrected chi connectivity index (χ4v) is 3.45. The summed E-state index contributed by atoms with van der Waals surface area (Å²) in [5.41, 5.74) is 0. The molecule has 2 fully saturated rings. The Labute approximate surface area is 99.9 Å². The van der Waals surface area contributed by atoms with E-state index in [0.29, 0.717) is 12.0 Å². The van der Waals surface area contributed by atoms with Crippen molar-refractivity contribution in [2.45, 2.75) is 70.8 Å². The van der Waals surface area contributed by atoms with Gasteiger partial charge >= 0.3 is 0 Å². The molecule has 0 aromatic heterocycles. The van der Waals surface area contributed by atoms with Gasteiger partial charge in [0.25, 0.3) is 0 Å². The number of hydrogen-bond donors (Lipinski definition) is 1. The first-order valence-electron chi connectivity index (χ1n) is 7.18. The third-order valence-electron chi connectivity index (χ3n) is 4.41. The highest BCUT2D eigenvalue weighted by atomic mass is 15.2. The van der Waals surface area contributed by atoms with Crippen molar-refractivity contribution in [1.29, 1.82) is 5.41 Å². The van der Waals surface area contributed by atoms with Crippen LogP contribution in [0.2, 0.25) is 0 Å². The lowest BCUT2D eigenvalue weighted by molar-refractivity contribution is 0.293. The van der Waals surface area contributed by atoms with Gasteiger partial charge in [0.1, 0.15) is 0 Å². The molecular weight excluding hydrogens is 196 g/mol. The van der Waals surface area contributed by atoms with E-state index in [1.54, 1.807) is 0 Å². The van der Waals surface area contributed by atoms with Crippen molar-refractivity contribution >= 4 is 5.84 Å². The average Bonchev–Trinajstić information content (AvgIpc) is 2.85. The molecule has 0 bridgehead atoms. The summed E-state index contributed by atoms with van der Waals surface area (Å²) in [6, 6.07) is 0.694. The number of rotatable bonds is 3. The molecule has 0 unspecified atom stereocenters. The molecule has 92 valence electrons. The molecule has 0 aliphatic heterocycles. The van der Waals surface area contributed by atoms with E-state index in [-0.39, 0.29) is 0 Å². The zero-order valence-electron chi connectivity index (χ0n) is 10.7. The molecule has 1 N–H and O–H groups in total. The minimum Gasteiger partial charge on any atom is -0.358 e. The van der Waals surface area contributed by atoms with Crippen molar-refractivity contribution in [3.63, 3.8) is 0 Å². The van der Waals surface area contributed by atoms with Crippen molar-refractivity contribution < 1.29 is 0 Å². The van der Waals surface area contributed by atoms with E-state index in [1.807, 2.05) is 0 Å². The molecule has 0 aromatic rings. The maximum Gasteiger partial charge on any atom is 0.0991 e. The molecular formula is C14H26N2. The monoisotopic (exact) mass is 222 g/mol. The van der Waals surface area contributed by atoms with Crippen LogP contribution in [0.15, 0.2) is 0 Å². The van der Waals surface area contributed by atoms with Gasteiger partial charge in [0.15, 0.2) is 0 Å². The molecule has 2 heteroatoms. The van der Waals surface area contributed by atoms with E-state index in [4.69, 9.17) is 5.41 Å². The van der Waals surface area contributed by atoms with Gasteiger partial charge < -0.3 is 4.90 Å².